The molecule has 0 atom stereocenters. The fourth-order valence-electron chi connectivity index (χ4n) is 2.66. The molecule has 0 unspecified atom stereocenters. The van der Waals surface area contributed by atoms with Gasteiger partial charge in [0.05, 0.1) is 18.7 Å². The standard InChI is InChI=1S/C15H25N3O3/c1-15(2,3)10-17(14(20)21)9-12-7-13(19)18(16-12)8-11-5-4-6-11/h11H,4-10H2,1-3H3,(H,20,21). The van der Waals surface area contributed by atoms with Crippen molar-refractivity contribution >= 4 is 17.7 Å². The van der Waals surface area contributed by atoms with Gasteiger partial charge >= 0.3 is 6.09 Å². The summed E-state index contributed by atoms with van der Waals surface area (Å²) >= 11 is 0. The van der Waals surface area contributed by atoms with E-state index in [1.54, 1.807) is 0 Å². The maximum atomic E-state index is 11.9. The summed E-state index contributed by atoms with van der Waals surface area (Å²) in [7, 11) is 0. The molecule has 0 aromatic heterocycles. The van der Waals surface area contributed by atoms with Gasteiger partial charge in [0.2, 0.25) is 5.91 Å². The first-order valence-electron chi connectivity index (χ1n) is 7.59. The van der Waals surface area contributed by atoms with Crippen LogP contribution in [0.5, 0.6) is 0 Å². The van der Waals surface area contributed by atoms with E-state index in [1.807, 2.05) is 20.8 Å². The summed E-state index contributed by atoms with van der Waals surface area (Å²) in [5.41, 5.74) is 0.540. The molecule has 21 heavy (non-hydrogen) atoms. The third-order valence-corrected chi connectivity index (χ3v) is 3.87. The molecule has 0 bridgehead atoms. The Kier molecular flexibility index (Phi) is 4.54. The van der Waals surface area contributed by atoms with Crippen molar-refractivity contribution in [2.75, 3.05) is 19.6 Å². The molecular formula is C15H25N3O3. The molecule has 1 fully saturated rings. The molecule has 0 spiro atoms. The van der Waals surface area contributed by atoms with E-state index in [0.29, 0.717) is 24.7 Å². The molecule has 6 nitrogen and oxygen atoms in total. The number of carboxylic acid groups (broad SMARTS) is 1. The van der Waals surface area contributed by atoms with Crippen molar-refractivity contribution in [3.8, 4) is 0 Å². The number of carbonyl (C=O) groups excluding carboxylic acids is 1. The predicted molar refractivity (Wildman–Crippen MR) is 80.2 cm³/mol. The van der Waals surface area contributed by atoms with Crippen molar-refractivity contribution < 1.29 is 14.7 Å². The molecule has 2 aliphatic rings. The summed E-state index contributed by atoms with van der Waals surface area (Å²) in [6, 6.07) is 0. The van der Waals surface area contributed by atoms with Gasteiger partial charge < -0.3 is 10.0 Å². The number of hydrazone groups is 1. The average Bonchev–Trinajstić information content (AvgIpc) is 2.61. The third-order valence-electron chi connectivity index (χ3n) is 3.87. The third kappa shape index (κ3) is 4.44. The number of amides is 2. The molecule has 2 amide bonds. The Labute approximate surface area is 125 Å². The zero-order chi connectivity index (χ0) is 15.6. The molecule has 118 valence electrons. The Balaban J connectivity index is 1.95. The Morgan fingerprint density at radius 1 is 1.43 bits per heavy atom. The van der Waals surface area contributed by atoms with Gasteiger partial charge in [-0.2, -0.15) is 5.10 Å². The molecule has 0 saturated heterocycles. The van der Waals surface area contributed by atoms with Crippen molar-refractivity contribution in [3.05, 3.63) is 0 Å². The zero-order valence-electron chi connectivity index (χ0n) is 13.1. The van der Waals surface area contributed by atoms with Gasteiger partial charge in [-0.25, -0.2) is 9.80 Å². The van der Waals surface area contributed by atoms with Crippen LogP contribution in [0.3, 0.4) is 0 Å². The summed E-state index contributed by atoms with van der Waals surface area (Å²) in [5, 5.41) is 15.2. The summed E-state index contributed by atoms with van der Waals surface area (Å²) in [6.07, 6.45) is 2.86. The second-order valence-electron chi connectivity index (χ2n) is 7.32. The first-order valence-corrected chi connectivity index (χ1v) is 7.59. The predicted octanol–water partition coefficient (Wildman–Crippen LogP) is 2.40. The van der Waals surface area contributed by atoms with Crippen LogP contribution in [-0.4, -0.2) is 52.4 Å². The summed E-state index contributed by atoms with van der Waals surface area (Å²) in [4.78, 5) is 24.6. The minimum Gasteiger partial charge on any atom is -0.465 e. The van der Waals surface area contributed by atoms with Gasteiger partial charge in [0.1, 0.15) is 0 Å². The van der Waals surface area contributed by atoms with E-state index in [9.17, 15) is 14.7 Å². The Morgan fingerprint density at radius 2 is 2.10 bits per heavy atom. The molecule has 2 rings (SSSR count). The van der Waals surface area contributed by atoms with Gasteiger partial charge in [-0.3, -0.25) is 4.79 Å². The normalized spacial score (nSPS) is 19.5. The maximum Gasteiger partial charge on any atom is 0.407 e. The topological polar surface area (TPSA) is 73.2 Å². The Morgan fingerprint density at radius 3 is 2.57 bits per heavy atom. The zero-order valence-corrected chi connectivity index (χ0v) is 13.1. The highest BCUT2D eigenvalue weighted by molar-refractivity contribution is 6.06. The smallest absolute Gasteiger partial charge is 0.407 e. The van der Waals surface area contributed by atoms with E-state index in [0.717, 1.165) is 0 Å². The monoisotopic (exact) mass is 295 g/mol. The van der Waals surface area contributed by atoms with Gasteiger partial charge in [-0.15, -0.1) is 0 Å². The molecule has 1 aliphatic carbocycles. The molecule has 0 aromatic carbocycles. The van der Waals surface area contributed by atoms with Crippen LogP contribution < -0.4 is 0 Å². The summed E-state index contributed by atoms with van der Waals surface area (Å²) < 4.78 is 0. The fourth-order valence-corrected chi connectivity index (χ4v) is 2.66. The summed E-state index contributed by atoms with van der Waals surface area (Å²) in [6.45, 7) is 7.32. The van der Waals surface area contributed by atoms with Crippen molar-refractivity contribution in [1.82, 2.24) is 9.91 Å². The van der Waals surface area contributed by atoms with E-state index in [4.69, 9.17) is 0 Å². The second kappa shape index (κ2) is 6.03. The average molecular weight is 295 g/mol. The van der Waals surface area contributed by atoms with Crippen LogP contribution in [-0.2, 0) is 4.79 Å². The maximum absolute atomic E-state index is 11.9. The van der Waals surface area contributed by atoms with Gasteiger partial charge in [0, 0.05) is 13.1 Å². The van der Waals surface area contributed by atoms with Gasteiger partial charge in [0.25, 0.3) is 0 Å². The number of rotatable bonds is 5. The van der Waals surface area contributed by atoms with Crippen LogP contribution in [0.25, 0.3) is 0 Å². The molecule has 1 N–H and O–H groups in total. The van der Waals surface area contributed by atoms with Gasteiger partial charge in [-0.05, 0) is 24.2 Å². The highest BCUT2D eigenvalue weighted by atomic mass is 16.4. The van der Waals surface area contributed by atoms with Gasteiger partial charge in [-0.1, -0.05) is 27.2 Å². The van der Waals surface area contributed by atoms with Crippen molar-refractivity contribution in [2.24, 2.45) is 16.4 Å². The lowest BCUT2D eigenvalue weighted by Gasteiger charge is -2.28. The van der Waals surface area contributed by atoms with Crippen LogP contribution in [0, 0.1) is 11.3 Å². The lowest BCUT2D eigenvalue weighted by molar-refractivity contribution is -0.129. The number of hydrogen-bond donors (Lipinski definition) is 1. The number of carbonyl (C=O) groups is 2. The quantitative estimate of drug-likeness (QED) is 0.846. The minimum atomic E-state index is -0.961. The SMILES string of the molecule is CC(C)(C)CN(CC1=NN(CC2CCC2)C(=O)C1)C(=O)O. The molecule has 6 heteroatoms. The second-order valence-corrected chi connectivity index (χ2v) is 7.32. The fraction of sp³-hybridized carbons (Fsp3) is 0.800. The van der Waals surface area contributed by atoms with E-state index < -0.39 is 6.09 Å². The molecule has 1 heterocycles. The number of nitrogens with zero attached hydrogens (tertiary/aromatic N) is 3. The highest BCUT2D eigenvalue weighted by Gasteiger charge is 2.30. The molecule has 1 aliphatic heterocycles. The molecule has 0 radical (unpaired) electrons. The largest absolute Gasteiger partial charge is 0.465 e. The lowest BCUT2D eigenvalue weighted by Crippen LogP contribution is -2.40. The van der Waals surface area contributed by atoms with Crippen LogP contribution >= 0.6 is 0 Å². The van der Waals surface area contributed by atoms with Crippen molar-refractivity contribution in [2.45, 2.75) is 46.5 Å². The van der Waals surface area contributed by atoms with Crippen LogP contribution in [0.4, 0.5) is 4.79 Å². The first-order chi connectivity index (χ1) is 9.74. The van der Waals surface area contributed by atoms with Crippen molar-refractivity contribution in [1.29, 1.82) is 0 Å². The molecular weight excluding hydrogens is 270 g/mol. The first kappa shape index (κ1) is 15.8. The Bertz CT molecular complexity index is 450. The number of hydrogen-bond acceptors (Lipinski definition) is 3. The summed E-state index contributed by atoms with van der Waals surface area (Å²) in [5.74, 6) is 0.570. The van der Waals surface area contributed by atoms with E-state index in [1.165, 1.54) is 29.2 Å². The Hall–Kier alpha value is -1.59. The van der Waals surface area contributed by atoms with E-state index in [2.05, 4.69) is 5.10 Å². The van der Waals surface area contributed by atoms with Crippen LogP contribution in [0.1, 0.15) is 46.5 Å². The minimum absolute atomic E-state index is 0.00185. The van der Waals surface area contributed by atoms with E-state index >= 15 is 0 Å². The van der Waals surface area contributed by atoms with E-state index in [-0.39, 0.29) is 24.3 Å². The highest BCUT2D eigenvalue weighted by Crippen LogP contribution is 2.28. The van der Waals surface area contributed by atoms with Crippen LogP contribution in [0.15, 0.2) is 5.10 Å². The molecule has 1 saturated carbocycles. The lowest BCUT2D eigenvalue weighted by atomic mass is 9.85. The van der Waals surface area contributed by atoms with Crippen LogP contribution in [0.2, 0.25) is 0 Å². The van der Waals surface area contributed by atoms with Gasteiger partial charge in [0.15, 0.2) is 0 Å². The molecule has 0 aromatic rings. The van der Waals surface area contributed by atoms with Crippen molar-refractivity contribution in [3.63, 3.8) is 0 Å².